The summed E-state index contributed by atoms with van der Waals surface area (Å²) in [4.78, 5) is 44.2. The Balaban J connectivity index is 0.825. The lowest BCUT2D eigenvalue weighted by Crippen LogP contribution is -2.55. The maximum Gasteiger partial charge on any atom is 0.293 e. The molecule has 5 aliphatic rings. The molecule has 67 heavy (non-hydrogen) atoms. The Bertz CT molecular complexity index is 2760. The van der Waals surface area contributed by atoms with Crippen LogP contribution in [0.15, 0.2) is 84.1 Å². The van der Waals surface area contributed by atoms with Crippen LogP contribution in [0.1, 0.15) is 98.7 Å². The first kappa shape index (κ1) is 45.1. The van der Waals surface area contributed by atoms with Crippen LogP contribution in [0.5, 0.6) is 11.5 Å². The second kappa shape index (κ2) is 18.1. The molecule has 16 nitrogen and oxygen atoms in total. The lowest BCUT2D eigenvalue weighted by atomic mass is 9.60. The van der Waals surface area contributed by atoms with Gasteiger partial charge in [0.05, 0.1) is 35.3 Å². The van der Waals surface area contributed by atoms with E-state index in [1.807, 2.05) is 6.07 Å². The van der Waals surface area contributed by atoms with Gasteiger partial charge in [-0.3, -0.25) is 24.7 Å². The van der Waals surface area contributed by atoms with Gasteiger partial charge in [-0.2, -0.15) is 0 Å². The molecule has 1 saturated carbocycles. The van der Waals surface area contributed by atoms with Crippen LogP contribution < -0.4 is 19.7 Å². The van der Waals surface area contributed by atoms with Gasteiger partial charge >= 0.3 is 0 Å². The number of pyridine rings is 2. The number of nitrogens with one attached hydrogen (secondary N) is 3. The molecule has 18 heteroatoms. The molecular weight excluding hydrogens is 878 g/mol. The molecule has 354 valence electrons. The predicted molar refractivity (Wildman–Crippen MR) is 252 cm³/mol. The highest BCUT2D eigenvalue weighted by atomic mass is 32.2. The summed E-state index contributed by atoms with van der Waals surface area (Å²) < 4.78 is 57.0. The second-order valence-corrected chi connectivity index (χ2v) is 21.2. The van der Waals surface area contributed by atoms with Crippen LogP contribution in [0.25, 0.3) is 11.0 Å². The number of fused-ring (bicyclic) bond motifs is 1. The van der Waals surface area contributed by atoms with Crippen LogP contribution in [-0.2, 0) is 14.8 Å². The van der Waals surface area contributed by atoms with Gasteiger partial charge in [-0.25, -0.2) is 27.5 Å². The number of aromatic nitrogens is 3. The summed E-state index contributed by atoms with van der Waals surface area (Å²) in [6.07, 6.45) is 11.8. The SMILES string of the molecule is CC(C)c1ccccc1C1CCCN1C1CC2(CCN(c3cc(Oc4cnc5[nH]ccc5c4)c(C(=O)NS(=O)(=O)c4ccc(NCC5(F)CCN(C6COC6)CC5)c([N+](=O)[O-])c4)cn3)CC2)C1. The molecule has 5 fully saturated rings. The molecule has 1 unspecified atom stereocenters. The van der Waals surface area contributed by atoms with Gasteiger partial charge in [0.1, 0.15) is 39.9 Å². The van der Waals surface area contributed by atoms with Crippen molar-refractivity contribution >= 4 is 44.2 Å². The van der Waals surface area contributed by atoms with Crippen LogP contribution in [-0.4, -0.2) is 114 Å². The fourth-order valence-corrected chi connectivity index (χ4v) is 12.0. The van der Waals surface area contributed by atoms with Gasteiger partial charge in [-0.05, 0) is 105 Å². The van der Waals surface area contributed by atoms with E-state index < -0.39 is 37.1 Å². The van der Waals surface area contributed by atoms with E-state index in [-0.39, 0.29) is 41.8 Å². The molecule has 4 aliphatic heterocycles. The van der Waals surface area contributed by atoms with Crippen LogP contribution in [0.4, 0.5) is 21.6 Å². The Hall–Kier alpha value is -5.69. The first-order valence-corrected chi connectivity index (χ1v) is 25.0. The highest BCUT2D eigenvalue weighted by Gasteiger charge is 2.50. The highest BCUT2D eigenvalue weighted by Crippen LogP contribution is 2.54. The van der Waals surface area contributed by atoms with Crippen molar-refractivity contribution in [2.75, 3.05) is 62.7 Å². The fraction of sp³-hybridized carbons (Fsp3) is 0.490. The Kier molecular flexibility index (Phi) is 12.2. The summed E-state index contributed by atoms with van der Waals surface area (Å²) in [7, 11) is -4.66. The molecular formula is C49H58FN9O7S. The van der Waals surface area contributed by atoms with Gasteiger partial charge in [-0.1, -0.05) is 38.1 Å². The van der Waals surface area contributed by atoms with Gasteiger partial charge in [0.2, 0.25) is 0 Å². The number of aromatic amines is 1. The highest BCUT2D eigenvalue weighted by molar-refractivity contribution is 7.90. The number of hydrogen-bond acceptors (Lipinski definition) is 13. The zero-order valence-electron chi connectivity index (χ0n) is 38.0. The molecule has 3 aromatic heterocycles. The van der Waals surface area contributed by atoms with Crippen LogP contribution in [0.2, 0.25) is 0 Å². The molecule has 0 radical (unpaired) electrons. The summed E-state index contributed by atoms with van der Waals surface area (Å²) in [6.45, 7) is 9.39. The first-order valence-electron chi connectivity index (χ1n) is 23.6. The summed E-state index contributed by atoms with van der Waals surface area (Å²) in [6, 6.07) is 18.7. The number of alkyl halides is 1. The molecule has 3 N–H and O–H groups in total. The number of H-pyrrole nitrogens is 1. The topological polar surface area (TPSA) is 188 Å². The predicted octanol–water partition coefficient (Wildman–Crippen LogP) is 8.10. The standard InChI is InChI=1S/C49H58FN9O7S/c1-32(2)38-6-3-4-7-39(38)42-8-5-17-58(42)34-25-48(26-34)12-18-57(19-13-48)45-24-44(66-36-22-33-11-16-51-46(33)53-27-36)40(28-52-45)47(60)55-67(63,64)37-9-10-41(43(23-37)59(61)62)54-31-49(50)14-20-56(21-15-49)35-29-65-30-35/h3-4,6-7,9-11,16,22-24,27-28,32,34-35,42,54H,5,8,12-15,17-21,25-26,29-31H2,1-2H3,(H,51,53)(H,55,60). The minimum atomic E-state index is -4.66. The van der Waals surface area contributed by atoms with Gasteiger partial charge in [0.15, 0.2) is 0 Å². The number of carbonyl (C=O) groups excluding carboxylic acids is 1. The fourth-order valence-electron chi connectivity index (χ4n) is 11.0. The number of halogens is 1. The van der Waals surface area contributed by atoms with Crippen molar-refractivity contribution in [3.63, 3.8) is 0 Å². The summed E-state index contributed by atoms with van der Waals surface area (Å²) in [5.74, 6) is 0.422. The van der Waals surface area contributed by atoms with Crippen molar-refractivity contribution in [1.82, 2.24) is 29.5 Å². The number of ether oxygens (including phenoxy) is 2. The van der Waals surface area contributed by atoms with E-state index in [1.54, 1.807) is 18.3 Å². The number of carbonyl (C=O) groups is 1. The van der Waals surface area contributed by atoms with Crippen molar-refractivity contribution in [2.45, 2.75) is 99.8 Å². The second-order valence-electron chi connectivity index (χ2n) is 19.6. The molecule has 10 rings (SSSR count). The third kappa shape index (κ3) is 9.20. The van der Waals surface area contributed by atoms with Crippen molar-refractivity contribution in [1.29, 1.82) is 0 Å². The zero-order chi connectivity index (χ0) is 46.5. The van der Waals surface area contributed by atoms with Crippen LogP contribution in [0, 0.1) is 15.5 Å². The number of likely N-dealkylation sites (tertiary alicyclic amines) is 2. The number of nitrogens with zero attached hydrogens (tertiary/aromatic N) is 6. The molecule has 1 atom stereocenters. The summed E-state index contributed by atoms with van der Waals surface area (Å²) >= 11 is 0. The van der Waals surface area contributed by atoms with E-state index in [1.165, 1.54) is 55.3 Å². The number of hydrogen-bond donors (Lipinski definition) is 3. The quantitative estimate of drug-likeness (QED) is 0.0717. The van der Waals surface area contributed by atoms with Crippen molar-refractivity contribution < 1.29 is 32.0 Å². The first-order chi connectivity index (χ1) is 32.3. The number of benzene rings is 2. The van der Waals surface area contributed by atoms with E-state index in [4.69, 9.17) is 9.47 Å². The van der Waals surface area contributed by atoms with Gasteiger partial charge in [-0.15, -0.1) is 0 Å². The van der Waals surface area contributed by atoms with Crippen molar-refractivity contribution in [2.24, 2.45) is 5.41 Å². The smallest absolute Gasteiger partial charge is 0.293 e. The molecule has 2 aromatic carbocycles. The molecule has 1 spiro atoms. The largest absolute Gasteiger partial charge is 0.455 e. The lowest BCUT2D eigenvalue weighted by Gasteiger charge is -2.56. The molecule has 1 aliphatic carbocycles. The normalized spacial score (nSPS) is 21.3. The van der Waals surface area contributed by atoms with Gasteiger partial charge in [0, 0.05) is 74.7 Å². The number of rotatable bonds is 14. The van der Waals surface area contributed by atoms with E-state index in [0.717, 1.165) is 50.0 Å². The Morgan fingerprint density at radius 2 is 1.76 bits per heavy atom. The molecule has 0 bridgehead atoms. The van der Waals surface area contributed by atoms with E-state index in [9.17, 15) is 23.3 Å². The Morgan fingerprint density at radius 1 is 0.985 bits per heavy atom. The van der Waals surface area contributed by atoms with Gasteiger partial charge in [0.25, 0.3) is 21.6 Å². The third-order valence-corrected chi connectivity index (χ3v) is 16.4. The average molecular weight is 936 g/mol. The van der Waals surface area contributed by atoms with E-state index >= 15 is 4.39 Å². The van der Waals surface area contributed by atoms with Crippen LogP contribution >= 0.6 is 0 Å². The monoisotopic (exact) mass is 935 g/mol. The maximum absolute atomic E-state index is 15.8. The van der Waals surface area contributed by atoms with E-state index in [2.05, 4.69) is 77.8 Å². The van der Waals surface area contributed by atoms with Crippen molar-refractivity contribution in [3.05, 3.63) is 106 Å². The molecule has 7 heterocycles. The number of nitro groups is 1. The minimum Gasteiger partial charge on any atom is -0.455 e. The molecule has 4 saturated heterocycles. The number of anilines is 2. The Labute approximate surface area is 389 Å². The summed E-state index contributed by atoms with van der Waals surface area (Å²) in [5.41, 5.74) is 1.48. The minimum absolute atomic E-state index is 0.0325. The third-order valence-electron chi connectivity index (χ3n) is 15.1. The molecule has 1 amide bonds. The van der Waals surface area contributed by atoms with Gasteiger partial charge < -0.3 is 24.7 Å². The van der Waals surface area contributed by atoms with E-state index in [0.29, 0.717) is 67.6 Å². The number of sulfonamides is 1. The maximum atomic E-state index is 15.8. The molecule has 5 aromatic rings. The zero-order valence-corrected chi connectivity index (χ0v) is 38.8. The number of piperidine rings is 2. The van der Waals surface area contributed by atoms with Crippen molar-refractivity contribution in [3.8, 4) is 11.5 Å². The lowest BCUT2D eigenvalue weighted by molar-refractivity contribution is -0.384. The van der Waals surface area contributed by atoms with Crippen LogP contribution in [0.3, 0.4) is 0 Å². The Morgan fingerprint density at radius 3 is 2.49 bits per heavy atom. The number of amides is 1. The average Bonchev–Trinajstić information content (AvgIpc) is 3.98. The summed E-state index contributed by atoms with van der Waals surface area (Å²) in [5, 5.41) is 15.9. The number of nitro benzene ring substituents is 1.